The van der Waals surface area contributed by atoms with Crippen molar-refractivity contribution in [2.75, 3.05) is 24.2 Å². The summed E-state index contributed by atoms with van der Waals surface area (Å²) in [6.45, 7) is 2.22. The van der Waals surface area contributed by atoms with Crippen LogP contribution in [0.4, 0.5) is 11.6 Å². The summed E-state index contributed by atoms with van der Waals surface area (Å²) in [4.78, 5) is 9.79. The van der Waals surface area contributed by atoms with E-state index in [0.29, 0.717) is 18.2 Å². The van der Waals surface area contributed by atoms with E-state index in [1.165, 1.54) is 0 Å². The molecule has 0 amide bonds. The fourth-order valence-electron chi connectivity index (χ4n) is 1.01. The number of aliphatic hydroxyl groups excluding tert-OH is 1. The molecular formula is C8H14N4O. The summed E-state index contributed by atoms with van der Waals surface area (Å²) in [5.74, 6) is 0.565. The number of hydrogen-bond acceptors (Lipinski definition) is 5. The molecule has 0 fully saturated rings. The van der Waals surface area contributed by atoms with Crippen molar-refractivity contribution in [2.24, 2.45) is 0 Å². The van der Waals surface area contributed by atoms with Crippen LogP contribution >= 0.6 is 0 Å². The Bertz CT molecular complexity index is 259. The molecule has 0 aromatic carbocycles. The minimum Gasteiger partial charge on any atom is -0.396 e. The number of nitrogens with zero attached hydrogens (tertiary/aromatic N) is 3. The van der Waals surface area contributed by atoms with Crippen LogP contribution in [0.1, 0.15) is 6.92 Å². The highest BCUT2D eigenvalue weighted by Crippen LogP contribution is 2.05. The van der Waals surface area contributed by atoms with E-state index in [9.17, 15) is 0 Å². The van der Waals surface area contributed by atoms with Gasteiger partial charge in [0.25, 0.3) is 0 Å². The monoisotopic (exact) mass is 182 g/mol. The molecule has 1 heterocycles. The van der Waals surface area contributed by atoms with Crippen molar-refractivity contribution >= 4 is 11.6 Å². The second-order valence-electron chi connectivity index (χ2n) is 3.05. The van der Waals surface area contributed by atoms with Crippen molar-refractivity contribution < 1.29 is 5.11 Å². The third kappa shape index (κ3) is 2.87. The first-order valence-electron chi connectivity index (χ1n) is 4.06. The van der Waals surface area contributed by atoms with Crippen LogP contribution in [-0.2, 0) is 0 Å². The fraction of sp³-hybridized carbons (Fsp3) is 0.500. The van der Waals surface area contributed by atoms with Gasteiger partial charge >= 0.3 is 0 Å². The molecule has 1 aromatic rings. The Labute approximate surface area is 77.2 Å². The van der Waals surface area contributed by atoms with Crippen molar-refractivity contribution in [2.45, 2.75) is 13.0 Å². The highest BCUT2D eigenvalue weighted by Gasteiger charge is 2.05. The highest BCUT2D eigenvalue weighted by molar-refractivity contribution is 5.37. The lowest BCUT2D eigenvalue weighted by Crippen LogP contribution is -2.28. The van der Waals surface area contributed by atoms with Crippen LogP contribution in [0.15, 0.2) is 12.4 Å². The third-order valence-electron chi connectivity index (χ3n) is 1.54. The van der Waals surface area contributed by atoms with Gasteiger partial charge in [0.1, 0.15) is 0 Å². The van der Waals surface area contributed by atoms with Gasteiger partial charge in [-0.25, -0.2) is 9.97 Å². The Kier molecular flexibility index (Phi) is 3.02. The molecule has 0 aliphatic carbocycles. The number of aliphatic hydroxyl groups is 1. The summed E-state index contributed by atoms with van der Waals surface area (Å²) in [5.41, 5.74) is 5.97. The van der Waals surface area contributed by atoms with Crippen LogP contribution in [0.25, 0.3) is 0 Å². The number of nitrogen functional groups attached to an aromatic ring is 1. The maximum atomic E-state index is 9.12. The zero-order valence-electron chi connectivity index (χ0n) is 7.81. The number of likely N-dealkylation sites (N-methyl/N-ethyl adjacent to an activating group) is 1. The molecule has 0 bridgehead atoms. The topological polar surface area (TPSA) is 75.3 Å². The molecule has 0 spiro atoms. The Morgan fingerprint density at radius 2 is 2.08 bits per heavy atom. The van der Waals surface area contributed by atoms with Crippen LogP contribution in [0.2, 0.25) is 0 Å². The van der Waals surface area contributed by atoms with Crippen LogP contribution in [0.3, 0.4) is 0 Å². The van der Waals surface area contributed by atoms with E-state index in [2.05, 4.69) is 9.97 Å². The minimum absolute atomic E-state index is 0.397. The number of hydrogen-bond donors (Lipinski definition) is 2. The Hall–Kier alpha value is -1.36. The molecule has 0 saturated carbocycles. The van der Waals surface area contributed by atoms with Crippen molar-refractivity contribution in [3.8, 4) is 0 Å². The Morgan fingerprint density at radius 3 is 2.54 bits per heavy atom. The van der Waals surface area contributed by atoms with Crippen molar-refractivity contribution in [3.05, 3.63) is 12.4 Å². The van der Waals surface area contributed by atoms with Gasteiger partial charge in [-0.1, -0.05) is 0 Å². The van der Waals surface area contributed by atoms with Gasteiger partial charge < -0.3 is 15.7 Å². The minimum atomic E-state index is -0.397. The van der Waals surface area contributed by atoms with E-state index in [4.69, 9.17) is 10.8 Å². The first-order chi connectivity index (χ1) is 6.09. The third-order valence-corrected chi connectivity index (χ3v) is 1.54. The lowest BCUT2D eigenvalue weighted by Gasteiger charge is -2.17. The summed E-state index contributed by atoms with van der Waals surface area (Å²) in [5, 5.41) is 9.12. The summed E-state index contributed by atoms with van der Waals surface area (Å²) < 4.78 is 0. The highest BCUT2D eigenvalue weighted by atomic mass is 16.3. The number of nitrogens with two attached hydrogens (primary N) is 1. The number of anilines is 2. The van der Waals surface area contributed by atoms with Gasteiger partial charge in [0.2, 0.25) is 5.95 Å². The molecule has 5 nitrogen and oxygen atoms in total. The van der Waals surface area contributed by atoms with Crippen molar-refractivity contribution in [1.29, 1.82) is 0 Å². The smallest absolute Gasteiger partial charge is 0.225 e. The lowest BCUT2D eigenvalue weighted by molar-refractivity contribution is 0.201. The van der Waals surface area contributed by atoms with Gasteiger partial charge in [0.15, 0.2) is 0 Å². The van der Waals surface area contributed by atoms with E-state index in [0.717, 1.165) is 0 Å². The largest absolute Gasteiger partial charge is 0.396 e. The quantitative estimate of drug-likeness (QED) is 0.681. The lowest BCUT2D eigenvalue weighted by atomic mass is 10.4. The average molecular weight is 182 g/mol. The van der Waals surface area contributed by atoms with E-state index in [1.807, 2.05) is 7.05 Å². The van der Waals surface area contributed by atoms with E-state index in [1.54, 1.807) is 24.2 Å². The van der Waals surface area contributed by atoms with Gasteiger partial charge in [0, 0.05) is 13.6 Å². The van der Waals surface area contributed by atoms with E-state index in [-0.39, 0.29) is 0 Å². The molecule has 0 aliphatic rings. The molecule has 1 unspecified atom stereocenters. The SMILES string of the molecule is CC(O)CN(C)c1ncc(N)cn1. The Balaban J connectivity index is 2.66. The molecule has 0 saturated heterocycles. The maximum absolute atomic E-state index is 9.12. The second-order valence-corrected chi connectivity index (χ2v) is 3.05. The van der Waals surface area contributed by atoms with Crippen LogP contribution < -0.4 is 10.6 Å². The molecule has 1 aromatic heterocycles. The van der Waals surface area contributed by atoms with Crippen molar-refractivity contribution in [3.63, 3.8) is 0 Å². The predicted molar refractivity (Wildman–Crippen MR) is 51.4 cm³/mol. The average Bonchev–Trinajstić information content (AvgIpc) is 2.04. The first kappa shape index (κ1) is 9.73. The van der Waals surface area contributed by atoms with Crippen molar-refractivity contribution in [1.82, 2.24) is 9.97 Å². The zero-order valence-corrected chi connectivity index (χ0v) is 7.81. The summed E-state index contributed by atoms with van der Waals surface area (Å²) in [7, 11) is 1.82. The molecular weight excluding hydrogens is 168 g/mol. The van der Waals surface area contributed by atoms with E-state index >= 15 is 0 Å². The Morgan fingerprint density at radius 1 is 1.54 bits per heavy atom. The normalized spacial score (nSPS) is 12.5. The molecule has 3 N–H and O–H groups in total. The van der Waals surface area contributed by atoms with Crippen LogP contribution in [0.5, 0.6) is 0 Å². The summed E-state index contributed by atoms with van der Waals surface area (Å²) >= 11 is 0. The zero-order chi connectivity index (χ0) is 9.84. The summed E-state index contributed by atoms with van der Waals surface area (Å²) in [6, 6.07) is 0. The van der Waals surface area contributed by atoms with Crippen LogP contribution in [-0.4, -0.2) is 34.8 Å². The van der Waals surface area contributed by atoms with Crippen LogP contribution in [0, 0.1) is 0 Å². The molecule has 5 heteroatoms. The molecule has 13 heavy (non-hydrogen) atoms. The van der Waals surface area contributed by atoms with Gasteiger partial charge in [-0.05, 0) is 6.92 Å². The first-order valence-corrected chi connectivity index (χ1v) is 4.06. The van der Waals surface area contributed by atoms with Gasteiger partial charge in [-0.15, -0.1) is 0 Å². The fourth-order valence-corrected chi connectivity index (χ4v) is 1.01. The molecule has 1 atom stereocenters. The molecule has 1 rings (SSSR count). The van der Waals surface area contributed by atoms with Gasteiger partial charge in [0.05, 0.1) is 24.2 Å². The molecule has 0 radical (unpaired) electrons. The molecule has 0 aliphatic heterocycles. The predicted octanol–water partition coefficient (Wildman–Crippen LogP) is -0.124. The summed E-state index contributed by atoms with van der Waals surface area (Å²) in [6.07, 6.45) is 2.69. The number of aromatic nitrogens is 2. The van der Waals surface area contributed by atoms with Gasteiger partial charge in [-0.3, -0.25) is 0 Å². The van der Waals surface area contributed by atoms with E-state index < -0.39 is 6.10 Å². The number of rotatable bonds is 3. The second kappa shape index (κ2) is 4.04. The van der Waals surface area contributed by atoms with Gasteiger partial charge in [-0.2, -0.15) is 0 Å². The molecule has 72 valence electrons. The standard InChI is InChI=1S/C8H14N4O/c1-6(13)5-12(2)8-10-3-7(9)4-11-8/h3-4,6,13H,5,9H2,1-2H3. The maximum Gasteiger partial charge on any atom is 0.225 e.